The van der Waals surface area contributed by atoms with Crippen molar-refractivity contribution in [1.29, 1.82) is 0 Å². The quantitative estimate of drug-likeness (QED) is 0.176. The SMILES string of the molecule is Oc1cccc2oc3ccc(-c4cn(-c5c(-c6ccccc6)cccc5-c5ccccc5)c(-c5nccc6ccc[c-]c56)n4)nc3c12.[Pt]. The fraction of sp³-hybridized carbons (Fsp3) is 0. The number of pyridine rings is 2. The van der Waals surface area contributed by atoms with E-state index in [2.05, 4.69) is 83.4 Å². The molecule has 4 heterocycles. The second kappa shape index (κ2) is 12.1. The van der Waals surface area contributed by atoms with E-state index in [1.165, 1.54) is 0 Å². The second-order valence-corrected chi connectivity index (χ2v) is 11.3. The predicted molar refractivity (Wildman–Crippen MR) is 186 cm³/mol. The van der Waals surface area contributed by atoms with E-state index in [0.29, 0.717) is 45.0 Å². The predicted octanol–water partition coefficient (Wildman–Crippen LogP) is 9.89. The van der Waals surface area contributed by atoms with Crippen molar-refractivity contribution in [2.45, 2.75) is 0 Å². The third kappa shape index (κ3) is 4.90. The number of hydrogen-bond acceptors (Lipinski definition) is 5. The summed E-state index contributed by atoms with van der Waals surface area (Å²) in [5.74, 6) is 0.785. The van der Waals surface area contributed by atoms with E-state index >= 15 is 0 Å². The Morgan fingerprint density at radius 1 is 0.646 bits per heavy atom. The molecule has 48 heavy (non-hydrogen) atoms. The Labute approximate surface area is 290 Å². The molecular formula is C41H25N4O2Pt-. The molecule has 7 heteroatoms. The van der Waals surface area contributed by atoms with Crippen LogP contribution in [0, 0.1) is 6.07 Å². The molecule has 0 fully saturated rings. The molecule has 5 aromatic carbocycles. The average Bonchev–Trinajstić information content (AvgIpc) is 3.74. The van der Waals surface area contributed by atoms with Gasteiger partial charge in [0.1, 0.15) is 28.4 Å². The van der Waals surface area contributed by atoms with Crippen molar-refractivity contribution in [2.24, 2.45) is 0 Å². The van der Waals surface area contributed by atoms with Crippen LogP contribution in [0.5, 0.6) is 5.75 Å². The van der Waals surface area contributed by atoms with Gasteiger partial charge in [-0.2, -0.15) is 0 Å². The van der Waals surface area contributed by atoms with Crippen LogP contribution in [0.25, 0.3) is 83.7 Å². The van der Waals surface area contributed by atoms with Gasteiger partial charge in [0.05, 0.1) is 16.8 Å². The van der Waals surface area contributed by atoms with E-state index in [9.17, 15) is 5.11 Å². The number of imidazole rings is 1. The van der Waals surface area contributed by atoms with Crippen LogP contribution in [-0.4, -0.2) is 24.6 Å². The van der Waals surface area contributed by atoms with Crippen LogP contribution in [0.3, 0.4) is 0 Å². The molecule has 0 bridgehead atoms. The minimum Gasteiger partial charge on any atom is -0.507 e. The zero-order valence-corrected chi connectivity index (χ0v) is 27.6. The van der Waals surface area contributed by atoms with E-state index in [-0.39, 0.29) is 26.8 Å². The van der Waals surface area contributed by atoms with Crippen LogP contribution >= 0.6 is 0 Å². The number of hydrogen-bond donors (Lipinski definition) is 1. The van der Waals surface area contributed by atoms with Crippen LogP contribution < -0.4 is 0 Å². The van der Waals surface area contributed by atoms with E-state index in [4.69, 9.17) is 19.4 Å². The Morgan fingerprint density at radius 2 is 1.38 bits per heavy atom. The summed E-state index contributed by atoms with van der Waals surface area (Å²) < 4.78 is 8.15. The molecule has 0 amide bonds. The molecule has 1 N–H and O–H groups in total. The maximum Gasteiger partial charge on any atom is 0.154 e. The van der Waals surface area contributed by atoms with Crippen LogP contribution in [0.4, 0.5) is 0 Å². The molecule has 0 atom stereocenters. The van der Waals surface area contributed by atoms with E-state index in [0.717, 1.165) is 38.7 Å². The Bertz CT molecular complexity index is 2530. The Hall–Kier alpha value is -5.84. The maximum absolute atomic E-state index is 10.7. The maximum atomic E-state index is 10.7. The Kier molecular flexibility index (Phi) is 7.43. The van der Waals surface area contributed by atoms with Gasteiger partial charge in [0.25, 0.3) is 0 Å². The number of phenolic OH excluding ortho intramolecular Hbond substituents is 1. The molecule has 0 aliphatic rings. The molecule has 0 saturated carbocycles. The third-order valence-electron chi connectivity index (χ3n) is 8.53. The van der Waals surface area contributed by atoms with Gasteiger partial charge in [0, 0.05) is 50.3 Å². The van der Waals surface area contributed by atoms with Gasteiger partial charge in [0.2, 0.25) is 0 Å². The minimum atomic E-state index is 0. The standard InChI is InChI=1S/C41H25N4O2.Pt/c46-34-19-10-20-35-37(34)39-36(47-35)22-21-32(43-39)33-25-45(41(44-33)38-29-16-8-7-15-28(29)23-24-42-38)40-30(26-11-3-1-4-12-26)17-9-18-31(40)27-13-5-2-6-14-27;/h1-15,17-25,46H;/q-1;. The molecule has 6 nitrogen and oxygen atoms in total. The molecule has 0 unspecified atom stereocenters. The number of nitrogens with zero attached hydrogens (tertiary/aromatic N) is 4. The molecule has 232 valence electrons. The van der Waals surface area contributed by atoms with Crippen molar-refractivity contribution < 1.29 is 30.6 Å². The summed E-state index contributed by atoms with van der Waals surface area (Å²) in [6, 6.07) is 47.5. The van der Waals surface area contributed by atoms with Gasteiger partial charge in [-0.3, -0.25) is 0 Å². The number of rotatable bonds is 5. The normalized spacial score (nSPS) is 11.2. The average molecular weight is 801 g/mol. The Morgan fingerprint density at radius 3 is 2.12 bits per heavy atom. The molecule has 4 aromatic heterocycles. The van der Waals surface area contributed by atoms with Gasteiger partial charge >= 0.3 is 0 Å². The number of para-hydroxylation sites is 1. The number of benzene rings is 5. The number of aromatic hydroxyl groups is 1. The first-order valence-electron chi connectivity index (χ1n) is 15.3. The largest absolute Gasteiger partial charge is 0.507 e. The van der Waals surface area contributed by atoms with Gasteiger partial charge in [-0.25, -0.2) is 9.97 Å². The van der Waals surface area contributed by atoms with E-state index in [1.807, 2.05) is 60.9 Å². The molecule has 9 aromatic rings. The molecule has 0 aliphatic heterocycles. The van der Waals surface area contributed by atoms with Crippen LogP contribution in [0.2, 0.25) is 0 Å². The summed E-state index contributed by atoms with van der Waals surface area (Å²) in [4.78, 5) is 15.2. The van der Waals surface area contributed by atoms with Gasteiger partial charge in [-0.05, 0) is 35.4 Å². The number of phenols is 1. The van der Waals surface area contributed by atoms with Crippen molar-refractivity contribution in [3.8, 4) is 56.6 Å². The summed E-state index contributed by atoms with van der Waals surface area (Å²) in [6.07, 6.45) is 3.85. The van der Waals surface area contributed by atoms with Crippen molar-refractivity contribution in [3.05, 3.63) is 152 Å². The molecule has 0 radical (unpaired) electrons. The first-order valence-corrected chi connectivity index (χ1v) is 15.3. The number of furan rings is 1. The number of fused-ring (bicyclic) bond motifs is 4. The molecule has 0 saturated heterocycles. The molecule has 0 spiro atoms. The molecule has 9 rings (SSSR count). The van der Waals surface area contributed by atoms with Crippen molar-refractivity contribution in [3.63, 3.8) is 0 Å². The van der Waals surface area contributed by atoms with Crippen molar-refractivity contribution >= 4 is 32.8 Å². The van der Waals surface area contributed by atoms with Gasteiger partial charge in [-0.15, -0.1) is 35.0 Å². The first kappa shape index (κ1) is 29.6. The zero-order valence-electron chi connectivity index (χ0n) is 25.3. The Balaban J connectivity index is 0.00000336. The van der Waals surface area contributed by atoms with Gasteiger partial charge < -0.3 is 19.1 Å². The van der Waals surface area contributed by atoms with Crippen molar-refractivity contribution in [2.75, 3.05) is 0 Å². The van der Waals surface area contributed by atoms with E-state index in [1.54, 1.807) is 12.1 Å². The van der Waals surface area contributed by atoms with Gasteiger partial charge in [0.15, 0.2) is 5.58 Å². The van der Waals surface area contributed by atoms with Gasteiger partial charge in [-0.1, -0.05) is 91.0 Å². The van der Waals surface area contributed by atoms with E-state index < -0.39 is 0 Å². The summed E-state index contributed by atoms with van der Waals surface area (Å²) in [6.45, 7) is 0. The fourth-order valence-corrected chi connectivity index (χ4v) is 6.38. The minimum absolute atomic E-state index is 0. The fourth-order valence-electron chi connectivity index (χ4n) is 6.38. The number of aromatic nitrogens is 4. The first-order chi connectivity index (χ1) is 23.2. The van der Waals surface area contributed by atoms with Crippen LogP contribution in [0.1, 0.15) is 0 Å². The summed E-state index contributed by atoms with van der Waals surface area (Å²) in [5.41, 5.74) is 9.01. The smallest absolute Gasteiger partial charge is 0.154 e. The second-order valence-electron chi connectivity index (χ2n) is 11.3. The van der Waals surface area contributed by atoms with Crippen LogP contribution in [-0.2, 0) is 21.1 Å². The summed E-state index contributed by atoms with van der Waals surface area (Å²) in [5, 5.41) is 13.2. The molecular weight excluding hydrogens is 776 g/mol. The monoisotopic (exact) mass is 800 g/mol. The summed E-state index contributed by atoms with van der Waals surface area (Å²) in [7, 11) is 0. The molecule has 0 aliphatic carbocycles. The third-order valence-corrected chi connectivity index (χ3v) is 8.53. The topological polar surface area (TPSA) is 77.0 Å². The summed E-state index contributed by atoms with van der Waals surface area (Å²) >= 11 is 0. The van der Waals surface area contributed by atoms with Crippen molar-refractivity contribution in [1.82, 2.24) is 19.5 Å². The zero-order chi connectivity index (χ0) is 31.3. The van der Waals surface area contributed by atoms with Crippen LogP contribution in [0.15, 0.2) is 150 Å².